The van der Waals surface area contributed by atoms with Crippen LogP contribution in [0.2, 0.25) is 0 Å². The van der Waals surface area contributed by atoms with Crippen molar-refractivity contribution in [2.45, 2.75) is 38.3 Å². The Bertz CT molecular complexity index is 1110. The number of fused-ring (bicyclic) bond motifs is 2. The highest BCUT2D eigenvalue weighted by Crippen LogP contribution is 2.46. The lowest BCUT2D eigenvalue weighted by atomic mass is 9.76. The molecular weight excluding hydrogens is 432 g/mol. The number of carbonyl (C=O) groups is 2. The van der Waals surface area contributed by atoms with Crippen LogP contribution in [0.15, 0.2) is 47.3 Å². The smallest absolute Gasteiger partial charge is 0.333 e. The van der Waals surface area contributed by atoms with Crippen molar-refractivity contribution >= 4 is 17.4 Å². The summed E-state index contributed by atoms with van der Waals surface area (Å²) in [6, 6.07) is 5.75. The molecule has 3 unspecified atom stereocenters. The van der Waals surface area contributed by atoms with Crippen molar-refractivity contribution in [2.24, 2.45) is 17.8 Å². The normalized spacial score (nSPS) is 28.2. The molecule has 0 radical (unpaired) electrons. The monoisotopic (exact) mass is 464 g/mol. The minimum atomic E-state index is -0.312. The van der Waals surface area contributed by atoms with Gasteiger partial charge in [0.2, 0.25) is 0 Å². The summed E-state index contributed by atoms with van der Waals surface area (Å²) in [6.07, 6.45) is 6.09. The molecular formula is C27H32N2O5. The van der Waals surface area contributed by atoms with Crippen molar-refractivity contribution in [3.63, 3.8) is 0 Å². The molecule has 5 atom stereocenters. The van der Waals surface area contributed by atoms with E-state index in [1.807, 2.05) is 18.2 Å². The Labute approximate surface area is 200 Å². The molecule has 2 fully saturated rings. The van der Waals surface area contributed by atoms with Gasteiger partial charge in [0.25, 0.3) is 0 Å². The lowest BCUT2D eigenvalue weighted by Gasteiger charge is -2.41. The summed E-state index contributed by atoms with van der Waals surface area (Å²) in [6.45, 7) is 8.01. The number of carbonyl (C=O) groups excluding carboxylic acids is 2. The number of ether oxygens (including phenoxy) is 2. The van der Waals surface area contributed by atoms with Crippen LogP contribution in [-0.2, 0) is 9.53 Å². The van der Waals surface area contributed by atoms with E-state index in [0.717, 1.165) is 49.2 Å². The Kier molecular flexibility index (Phi) is 5.98. The lowest BCUT2D eigenvalue weighted by Crippen LogP contribution is -2.45. The zero-order valence-corrected chi connectivity index (χ0v) is 20.0. The van der Waals surface area contributed by atoms with E-state index in [0.29, 0.717) is 28.8 Å². The van der Waals surface area contributed by atoms with Crippen LogP contribution >= 0.6 is 0 Å². The Hall–Kier alpha value is -3.06. The molecule has 0 aliphatic carbocycles. The van der Waals surface area contributed by atoms with Crippen molar-refractivity contribution < 1.29 is 23.5 Å². The lowest BCUT2D eigenvalue weighted by molar-refractivity contribution is -0.137. The maximum Gasteiger partial charge on any atom is 0.333 e. The molecule has 0 spiro atoms. The van der Waals surface area contributed by atoms with E-state index >= 15 is 0 Å². The van der Waals surface area contributed by atoms with E-state index in [2.05, 4.69) is 23.7 Å². The zero-order chi connectivity index (χ0) is 24.0. The van der Waals surface area contributed by atoms with Gasteiger partial charge in [-0.15, -0.1) is 0 Å². The summed E-state index contributed by atoms with van der Waals surface area (Å²) in [7, 11) is 3.01. The molecule has 5 rings (SSSR count). The van der Waals surface area contributed by atoms with E-state index in [-0.39, 0.29) is 29.6 Å². The van der Waals surface area contributed by atoms with Crippen molar-refractivity contribution in [3.8, 4) is 16.9 Å². The molecule has 1 N–H and O–H groups in total. The standard InChI is InChI=1S/C27H32N2O5/c1-5-16-12-29-13-18(10-19(29)11-21(16)15(2)27(31)33-4)24-26(30)23-22(32-3)7-6-20(25(23)28-24)17-8-9-34-14-17/h6-9,14,16,18-19,21,24,28H,2,5,10-13H2,1,3-4H3/t16-,18?,19?,21-,24?/m1/s1. The topological polar surface area (TPSA) is 81.0 Å². The molecule has 1 aromatic heterocycles. The summed E-state index contributed by atoms with van der Waals surface area (Å²) >= 11 is 0. The van der Waals surface area contributed by atoms with Gasteiger partial charge in [-0.05, 0) is 42.9 Å². The van der Waals surface area contributed by atoms with Crippen LogP contribution in [-0.4, -0.2) is 56.0 Å². The molecule has 2 aromatic rings. The molecule has 0 bridgehead atoms. The van der Waals surface area contributed by atoms with Gasteiger partial charge in [-0.3, -0.25) is 9.69 Å². The minimum absolute atomic E-state index is 0.0876. The predicted octanol–water partition coefficient (Wildman–Crippen LogP) is 4.40. The summed E-state index contributed by atoms with van der Waals surface area (Å²) < 4.78 is 15.8. The molecule has 3 aliphatic heterocycles. The fourth-order valence-electron chi connectivity index (χ4n) is 6.29. The van der Waals surface area contributed by atoms with Gasteiger partial charge in [0.05, 0.1) is 44.0 Å². The highest BCUT2D eigenvalue weighted by molar-refractivity contribution is 6.15. The average Bonchev–Trinajstić information content (AvgIpc) is 3.60. The first kappa shape index (κ1) is 22.7. The average molecular weight is 465 g/mol. The van der Waals surface area contributed by atoms with E-state index in [1.165, 1.54) is 7.11 Å². The second kappa shape index (κ2) is 8.95. The van der Waals surface area contributed by atoms with Gasteiger partial charge in [-0.25, -0.2) is 4.79 Å². The number of methoxy groups -OCH3 is 2. The summed E-state index contributed by atoms with van der Waals surface area (Å²) in [5.41, 5.74) is 3.90. The number of esters is 1. The first-order chi connectivity index (χ1) is 16.5. The molecule has 34 heavy (non-hydrogen) atoms. The van der Waals surface area contributed by atoms with Crippen LogP contribution in [0.5, 0.6) is 5.75 Å². The van der Waals surface area contributed by atoms with E-state index in [9.17, 15) is 9.59 Å². The second-order valence-electron chi connectivity index (χ2n) is 9.69. The number of rotatable bonds is 6. The molecule has 1 aromatic carbocycles. The second-order valence-corrected chi connectivity index (χ2v) is 9.69. The largest absolute Gasteiger partial charge is 0.496 e. The summed E-state index contributed by atoms with van der Waals surface area (Å²) in [4.78, 5) is 28.3. The zero-order valence-electron chi connectivity index (χ0n) is 20.0. The van der Waals surface area contributed by atoms with Crippen LogP contribution < -0.4 is 10.1 Å². The number of anilines is 1. The fourth-order valence-corrected chi connectivity index (χ4v) is 6.29. The number of nitrogens with zero attached hydrogens (tertiary/aromatic N) is 1. The van der Waals surface area contributed by atoms with Gasteiger partial charge in [0, 0.05) is 41.7 Å². The number of ketones is 1. The maximum atomic E-state index is 13.7. The highest BCUT2D eigenvalue weighted by Gasteiger charge is 2.48. The van der Waals surface area contributed by atoms with Crippen LogP contribution in [0.3, 0.4) is 0 Å². The molecule has 7 nitrogen and oxygen atoms in total. The van der Waals surface area contributed by atoms with E-state index < -0.39 is 0 Å². The Morgan fingerprint density at radius 3 is 2.74 bits per heavy atom. The Balaban J connectivity index is 1.39. The first-order valence-corrected chi connectivity index (χ1v) is 12.0. The first-order valence-electron chi connectivity index (χ1n) is 12.0. The van der Waals surface area contributed by atoms with Gasteiger partial charge < -0.3 is 19.2 Å². The maximum absolute atomic E-state index is 13.7. The summed E-state index contributed by atoms with van der Waals surface area (Å²) in [5.74, 6) is 1.03. The minimum Gasteiger partial charge on any atom is -0.496 e. The van der Waals surface area contributed by atoms with Gasteiger partial charge in [0.15, 0.2) is 5.78 Å². The van der Waals surface area contributed by atoms with Gasteiger partial charge in [-0.2, -0.15) is 0 Å². The third-order valence-electron chi connectivity index (χ3n) is 8.06. The molecule has 4 heterocycles. The molecule has 7 heteroatoms. The number of benzene rings is 1. The van der Waals surface area contributed by atoms with Crippen LogP contribution in [0.4, 0.5) is 5.69 Å². The van der Waals surface area contributed by atoms with Crippen molar-refractivity contribution in [1.82, 2.24) is 4.90 Å². The number of Topliss-reactive ketones (excluding diaryl/α,β-unsaturated/α-hetero) is 1. The van der Waals surface area contributed by atoms with Crippen LogP contribution in [0.25, 0.3) is 11.1 Å². The molecule has 3 aliphatic rings. The predicted molar refractivity (Wildman–Crippen MR) is 129 cm³/mol. The Morgan fingerprint density at radius 1 is 1.24 bits per heavy atom. The molecule has 2 saturated heterocycles. The van der Waals surface area contributed by atoms with Gasteiger partial charge >= 0.3 is 5.97 Å². The number of piperidine rings is 1. The Morgan fingerprint density at radius 2 is 2.06 bits per heavy atom. The van der Waals surface area contributed by atoms with Gasteiger partial charge in [0.1, 0.15) is 5.75 Å². The number of hydrogen-bond donors (Lipinski definition) is 1. The molecule has 0 amide bonds. The third kappa shape index (κ3) is 3.63. The van der Waals surface area contributed by atoms with Crippen molar-refractivity contribution in [1.29, 1.82) is 0 Å². The van der Waals surface area contributed by atoms with Crippen molar-refractivity contribution in [2.75, 3.05) is 32.6 Å². The summed E-state index contributed by atoms with van der Waals surface area (Å²) in [5, 5.41) is 3.56. The van der Waals surface area contributed by atoms with E-state index in [1.54, 1.807) is 19.6 Å². The number of nitrogens with one attached hydrogen (secondary N) is 1. The van der Waals surface area contributed by atoms with Crippen molar-refractivity contribution in [3.05, 3.63) is 48.4 Å². The number of furan rings is 1. The van der Waals surface area contributed by atoms with Gasteiger partial charge in [-0.1, -0.05) is 19.9 Å². The van der Waals surface area contributed by atoms with Crippen LogP contribution in [0, 0.1) is 17.8 Å². The third-order valence-corrected chi connectivity index (χ3v) is 8.06. The quantitative estimate of drug-likeness (QED) is 0.501. The number of hydrogen-bond acceptors (Lipinski definition) is 7. The molecule has 0 saturated carbocycles. The SMILES string of the molecule is C=C(C(=O)OC)[C@H]1CC2CC(C3Nc4c(-c5ccoc5)ccc(OC)c4C3=O)CN2C[C@H]1CC. The van der Waals surface area contributed by atoms with Crippen LogP contribution in [0.1, 0.15) is 36.5 Å². The fraction of sp³-hybridized carbons (Fsp3) is 0.481. The molecule has 180 valence electrons. The van der Waals surface area contributed by atoms with E-state index in [4.69, 9.17) is 13.9 Å². The highest BCUT2D eigenvalue weighted by atomic mass is 16.5.